The van der Waals surface area contributed by atoms with Crippen LogP contribution < -0.4 is 5.32 Å². The Hall–Kier alpha value is -0.860. The van der Waals surface area contributed by atoms with Gasteiger partial charge in [0.15, 0.2) is 0 Å². The molecule has 1 atom stereocenters. The van der Waals surface area contributed by atoms with Crippen LogP contribution in [0.4, 0.5) is 0 Å². The van der Waals surface area contributed by atoms with Crippen LogP contribution in [-0.2, 0) is 5.54 Å². The summed E-state index contributed by atoms with van der Waals surface area (Å²) in [5, 5.41) is 3.69. The van der Waals surface area contributed by atoms with E-state index >= 15 is 0 Å². The second kappa shape index (κ2) is 4.11. The lowest BCUT2D eigenvalue weighted by Crippen LogP contribution is -2.44. The zero-order valence-electron chi connectivity index (χ0n) is 10.9. The summed E-state index contributed by atoms with van der Waals surface area (Å²) in [4.78, 5) is 2.39. The maximum absolute atomic E-state index is 3.69. The van der Waals surface area contributed by atoms with E-state index in [1.165, 1.54) is 31.5 Å². The van der Waals surface area contributed by atoms with Gasteiger partial charge in [-0.1, -0.05) is 24.3 Å². The molecule has 1 N–H and O–H groups in total. The molecule has 0 aliphatic carbocycles. The van der Waals surface area contributed by atoms with E-state index in [1.807, 2.05) is 0 Å². The SMILES string of the molecule is CN1CC(c2ccccc2C2(C)CCCN2)C1. The third-order valence-electron chi connectivity index (χ3n) is 4.43. The minimum absolute atomic E-state index is 0.213. The highest BCUT2D eigenvalue weighted by Gasteiger charge is 2.35. The maximum Gasteiger partial charge on any atom is 0.0409 e. The first kappa shape index (κ1) is 11.2. The molecule has 0 bridgehead atoms. The molecule has 2 aliphatic rings. The fourth-order valence-corrected chi connectivity index (χ4v) is 3.38. The molecule has 17 heavy (non-hydrogen) atoms. The van der Waals surface area contributed by atoms with Crippen molar-refractivity contribution < 1.29 is 0 Å². The van der Waals surface area contributed by atoms with Gasteiger partial charge in [0.05, 0.1) is 0 Å². The molecule has 0 aromatic heterocycles. The fraction of sp³-hybridized carbons (Fsp3) is 0.600. The molecular weight excluding hydrogens is 208 g/mol. The number of nitrogens with one attached hydrogen (secondary N) is 1. The number of likely N-dealkylation sites (N-methyl/N-ethyl adjacent to an activating group) is 1. The molecule has 0 spiro atoms. The van der Waals surface area contributed by atoms with Crippen LogP contribution in [0, 0.1) is 0 Å². The lowest BCUT2D eigenvalue weighted by Gasteiger charge is -2.40. The lowest BCUT2D eigenvalue weighted by molar-refractivity contribution is 0.187. The summed E-state index contributed by atoms with van der Waals surface area (Å²) in [7, 11) is 2.20. The van der Waals surface area contributed by atoms with Crippen molar-refractivity contribution in [2.75, 3.05) is 26.7 Å². The molecule has 2 aliphatic heterocycles. The van der Waals surface area contributed by atoms with Gasteiger partial charge in [-0.25, -0.2) is 0 Å². The molecule has 92 valence electrons. The minimum atomic E-state index is 0.213. The van der Waals surface area contributed by atoms with Crippen molar-refractivity contribution in [2.24, 2.45) is 0 Å². The van der Waals surface area contributed by atoms with Crippen molar-refractivity contribution in [3.05, 3.63) is 35.4 Å². The third-order valence-corrected chi connectivity index (χ3v) is 4.43. The van der Waals surface area contributed by atoms with E-state index in [9.17, 15) is 0 Å². The van der Waals surface area contributed by atoms with Crippen molar-refractivity contribution in [3.8, 4) is 0 Å². The monoisotopic (exact) mass is 230 g/mol. The first-order chi connectivity index (χ1) is 8.19. The predicted molar refractivity (Wildman–Crippen MR) is 71.3 cm³/mol. The highest BCUT2D eigenvalue weighted by atomic mass is 15.2. The Bertz CT molecular complexity index is 401. The quantitative estimate of drug-likeness (QED) is 0.839. The summed E-state index contributed by atoms with van der Waals surface area (Å²) in [5.41, 5.74) is 3.32. The molecule has 2 heterocycles. The number of rotatable bonds is 2. The van der Waals surface area contributed by atoms with E-state index in [0.717, 1.165) is 12.5 Å². The van der Waals surface area contributed by atoms with E-state index < -0.39 is 0 Å². The first-order valence-corrected chi connectivity index (χ1v) is 6.72. The Labute approximate surface area is 104 Å². The van der Waals surface area contributed by atoms with Gasteiger partial charge in [-0.2, -0.15) is 0 Å². The van der Waals surface area contributed by atoms with Gasteiger partial charge < -0.3 is 10.2 Å². The second-order valence-electron chi connectivity index (χ2n) is 5.87. The summed E-state index contributed by atoms with van der Waals surface area (Å²) in [6, 6.07) is 9.03. The summed E-state index contributed by atoms with van der Waals surface area (Å²) in [6.07, 6.45) is 2.57. The van der Waals surface area contributed by atoms with Gasteiger partial charge in [-0.05, 0) is 44.5 Å². The summed E-state index contributed by atoms with van der Waals surface area (Å²) < 4.78 is 0. The normalized spacial score (nSPS) is 30.5. The van der Waals surface area contributed by atoms with Gasteiger partial charge in [-0.3, -0.25) is 0 Å². The molecule has 1 aromatic rings. The van der Waals surface area contributed by atoms with Crippen molar-refractivity contribution in [1.29, 1.82) is 0 Å². The zero-order valence-corrected chi connectivity index (χ0v) is 10.9. The molecule has 1 unspecified atom stereocenters. The largest absolute Gasteiger partial charge is 0.308 e. The van der Waals surface area contributed by atoms with Crippen molar-refractivity contribution >= 4 is 0 Å². The van der Waals surface area contributed by atoms with Crippen LogP contribution in [0.3, 0.4) is 0 Å². The Morgan fingerprint density at radius 3 is 2.71 bits per heavy atom. The Morgan fingerprint density at radius 1 is 1.29 bits per heavy atom. The van der Waals surface area contributed by atoms with Crippen LogP contribution in [0.2, 0.25) is 0 Å². The number of benzene rings is 1. The molecular formula is C15H22N2. The van der Waals surface area contributed by atoms with Gasteiger partial charge in [0.1, 0.15) is 0 Å². The molecule has 2 saturated heterocycles. The molecule has 3 rings (SSSR count). The third kappa shape index (κ3) is 1.90. The van der Waals surface area contributed by atoms with Gasteiger partial charge in [0.2, 0.25) is 0 Å². The van der Waals surface area contributed by atoms with Gasteiger partial charge >= 0.3 is 0 Å². The van der Waals surface area contributed by atoms with Crippen LogP contribution in [0.5, 0.6) is 0 Å². The van der Waals surface area contributed by atoms with Crippen LogP contribution in [0.25, 0.3) is 0 Å². The van der Waals surface area contributed by atoms with Crippen LogP contribution in [-0.4, -0.2) is 31.6 Å². The van der Waals surface area contributed by atoms with E-state index in [-0.39, 0.29) is 5.54 Å². The van der Waals surface area contributed by atoms with E-state index in [0.29, 0.717) is 0 Å². The maximum atomic E-state index is 3.69. The average molecular weight is 230 g/mol. The van der Waals surface area contributed by atoms with Crippen molar-refractivity contribution in [3.63, 3.8) is 0 Å². The van der Waals surface area contributed by atoms with E-state index in [4.69, 9.17) is 0 Å². The van der Waals surface area contributed by atoms with E-state index in [2.05, 4.69) is 48.5 Å². The lowest BCUT2D eigenvalue weighted by atomic mass is 9.80. The van der Waals surface area contributed by atoms with Gasteiger partial charge in [0, 0.05) is 24.5 Å². The van der Waals surface area contributed by atoms with Crippen LogP contribution >= 0.6 is 0 Å². The Kier molecular flexibility index (Phi) is 2.72. The first-order valence-electron chi connectivity index (χ1n) is 6.72. The number of nitrogens with zero attached hydrogens (tertiary/aromatic N) is 1. The van der Waals surface area contributed by atoms with Gasteiger partial charge in [0.25, 0.3) is 0 Å². The molecule has 0 amide bonds. The smallest absolute Gasteiger partial charge is 0.0409 e. The van der Waals surface area contributed by atoms with Crippen molar-refractivity contribution in [2.45, 2.75) is 31.2 Å². The molecule has 0 saturated carbocycles. The van der Waals surface area contributed by atoms with Gasteiger partial charge in [-0.15, -0.1) is 0 Å². The Morgan fingerprint density at radius 2 is 2.06 bits per heavy atom. The average Bonchev–Trinajstić information content (AvgIpc) is 2.73. The summed E-state index contributed by atoms with van der Waals surface area (Å²) >= 11 is 0. The second-order valence-corrected chi connectivity index (χ2v) is 5.87. The molecule has 2 fully saturated rings. The highest BCUT2D eigenvalue weighted by molar-refractivity contribution is 5.38. The standard InChI is InChI=1S/C15H22N2/c1-15(8-5-9-16-15)14-7-4-3-6-13(14)12-10-17(2)11-12/h3-4,6-7,12,16H,5,8-11H2,1-2H3. The highest BCUT2D eigenvalue weighted by Crippen LogP contribution is 2.37. The number of hydrogen-bond acceptors (Lipinski definition) is 2. The molecule has 2 nitrogen and oxygen atoms in total. The number of hydrogen-bond donors (Lipinski definition) is 1. The summed E-state index contributed by atoms with van der Waals surface area (Å²) in [5.74, 6) is 0.746. The molecule has 0 radical (unpaired) electrons. The van der Waals surface area contributed by atoms with Crippen LogP contribution in [0.15, 0.2) is 24.3 Å². The minimum Gasteiger partial charge on any atom is -0.308 e. The molecule has 2 heteroatoms. The van der Waals surface area contributed by atoms with Crippen LogP contribution in [0.1, 0.15) is 36.8 Å². The van der Waals surface area contributed by atoms with Crippen molar-refractivity contribution in [1.82, 2.24) is 10.2 Å². The predicted octanol–water partition coefficient (Wildman–Crippen LogP) is 2.31. The zero-order chi connectivity index (χ0) is 11.9. The number of likely N-dealkylation sites (tertiary alicyclic amines) is 1. The van der Waals surface area contributed by atoms with E-state index in [1.54, 1.807) is 5.56 Å². The topological polar surface area (TPSA) is 15.3 Å². The summed E-state index contributed by atoms with van der Waals surface area (Å²) in [6.45, 7) is 5.96. The fourth-order valence-electron chi connectivity index (χ4n) is 3.38. The Balaban J connectivity index is 1.93. The molecule has 1 aromatic carbocycles.